The molecule has 4 rings (SSSR count). The van der Waals surface area contributed by atoms with Crippen molar-refractivity contribution in [2.24, 2.45) is 46.3 Å². The summed E-state index contributed by atoms with van der Waals surface area (Å²) in [5.74, 6) is 0.785. The molecule has 0 spiro atoms. The van der Waals surface area contributed by atoms with E-state index in [2.05, 4.69) is 20.8 Å². The van der Waals surface area contributed by atoms with Crippen LogP contribution in [0.1, 0.15) is 92.4 Å². The zero-order valence-corrected chi connectivity index (χ0v) is 22.8. The average Bonchev–Trinajstić information content (AvgIpc) is 3.16. The minimum atomic E-state index is -0.465. The van der Waals surface area contributed by atoms with Crippen LogP contribution in [0.3, 0.4) is 0 Å². The van der Waals surface area contributed by atoms with Gasteiger partial charge in [-0.15, -0.1) is 0 Å². The molecule has 7 nitrogen and oxygen atoms in total. The lowest BCUT2D eigenvalue weighted by Gasteiger charge is -2.62. The van der Waals surface area contributed by atoms with E-state index in [4.69, 9.17) is 14.2 Å². The first kappa shape index (κ1) is 27.1. The Morgan fingerprint density at radius 1 is 1.00 bits per heavy atom. The number of carbonyl (C=O) groups excluding carboxylic acids is 4. The second kappa shape index (κ2) is 10.1. The van der Waals surface area contributed by atoms with Crippen LogP contribution in [0.25, 0.3) is 0 Å². The molecule has 0 aromatic rings. The number of ether oxygens (including phenoxy) is 3. The Morgan fingerprint density at radius 2 is 1.69 bits per heavy atom. The summed E-state index contributed by atoms with van der Waals surface area (Å²) < 4.78 is 16.5. The van der Waals surface area contributed by atoms with E-state index < -0.39 is 5.41 Å². The van der Waals surface area contributed by atoms with Gasteiger partial charge in [0.1, 0.15) is 18.0 Å². The normalized spacial score (nSPS) is 42.4. The van der Waals surface area contributed by atoms with Gasteiger partial charge in [0, 0.05) is 38.0 Å². The summed E-state index contributed by atoms with van der Waals surface area (Å²) in [6.45, 7) is 9.57. The Morgan fingerprint density at radius 3 is 2.33 bits per heavy atom. The maximum atomic E-state index is 14.0. The van der Waals surface area contributed by atoms with E-state index in [0.29, 0.717) is 25.0 Å². The number of ketones is 1. The number of hydrogen-bond donors (Lipinski definition) is 0. The number of carbonyl (C=O) groups is 4. The van der Waals surface area contributed by atoms with E-state index >= 15 is 0 Å². The molecule has 0 heterocycles. The number of rotatable bonds is 6. The fraction of sp³-hybridized carbons (Fsp3) is 0.862. The summed E-state index contributed by atoms with van der Waals surface area (Å²) in [7, 11) is 1.41. The topological polar surface area (TPSA) is 96.0 Å². The molecule has 4 fully saturated rings. The highest BCUT2D eigenvalue weighted by molar-refractivity contribution is 5.87. The smallest absolute Gasteiger partial charge is 0.305 e. The second-order valence-electron chi connectivity index (χ2n) is 12.6. The van der Waals surface area contributed by atoms with Gasteiger partial charge in [0.25, 0.3) is 0 Å². The van der Waals surface area contributed by atoms with Crippen molar-refractivity contribution in [3.63, 3.8) is 0 Å². The molecule has 10 atom stereocenters. The Bertz CT molecular complexity index is 898. The van der Waals surface area contributed by atoms with Gasteiger partial charge in [-0.3, -0.25) is 19.2 Å². The highest BCUT2D eigenvalue weighted by Crippen LogP contribution is 2.67. The Hall–Kier alpha value is -1.92. The van der Waals surface area contributed by atoms with Gasteiger partial charge in [-0.1, -0.05) is 20.8 Å². The first-order chi connectivity index (χ1) is 16.9. The maximum absolute atomic E-state index is 14.0. The first-order valence-electron chi connectivity index (χ1n) is 13.9. The van der Waals surface area contributed by atoms with Crippen LogP contribution in [0, 0.1) is 46.3 Å². The van der Waals surface area contributed by atoms with E-state index in [-0.39, 0.29) is 71.0 Å². The van der Waals surface area contributed by atoms with E-state index in [1.807, 2.05) is 0 Å². The third-order valence-electron chi connectivity index (χ3n) is 10.9. The van der Waals surface area contributed by atoms with Crippen LogP contribution in [0.2, 0.25) is 0 Å². The molecular weight excluding hydrogens is 460 g/mol. The van der Waals surface area contributed by atoms with Gasteiger partial charge in [-0.2, -0.15) is 0 Å². The molecule has 0 aromatic carbocycles. The maximum Gasteiger partial charge on any atom is 0.305 e. The van der Waals surface area contributed by atoms with E-state index in [1.54, 1.807) is 0 Å². The molecule has 4 saturated carbocycles. The van der Waals surface area contributed by atoms with Crippen molar-refractivity contribution in [3.8, 4) is 0 Å². The lowest BCUT2D eigenvalue weighted by atomic mass is 9.43. The summed E-state index contributed by atoms with van der Waals surface area (Å²) in [4.78, 5) is 49.7. The molecular formula is C29H44O7. The van der Waals surface area contributed by atoms with Crippen LogP contribution in [0.15, 0.2) is 0 Å². The molecule has 0 bridgehead atoms. The fourth-order valence-corrected chi connectivity index (χ4v) is 9.14. The largest absolute Gasteiger partial charge is 0.469 e. The summed E-state index contributed by atoms with van der Waals surface area (Å²) in [5.41, 5.74) is -0.503. The number of fused-ring (bicyclic) bond motifs is 5. The highest BCUT2D eigenvalue weighted by Gasteiger charge is 2.66. The van der Waals surface area contributed by atoms with Crippen LogP contribution in [-0.2, 0) is 33.4 Å². The summed E-state index contributed by atoms with van der Waals surface area (Å²) in [6.07, 6.45) is 6.44. The summed E-state index contributed by atoms with van der Waals surface area (Å²) in [5, 5.41) is 0. The van der Waals surface area contributed by atoms with Gasteiger partial charge in [-0.25, -0.2) is 0 Å². The lowest BCUT2D eigenvalue weighted by molar-refractivity contribution is -0.196. The number of Topliss-reactive ketones (excluding diaryl/α,β-unsaturated/α-hetero) is 1. The van der Waals surface area contributed by atoms with Crippen molar-refractivity contribution in [1.82, 2.24) is 0 Å². The van der Waals surface area contributed by atoms with Gasteiger partial charge in [0.15, 0.2) is 0 Å². The molecule has 7 heteroatoms. The van der Waals surface area contributed by atoms with Gasteiger partial charge < -0.3 is 14.2 Å². The zero-order valence-electron chi connectivity index (χ0n) is 22.8. The molecule has 4 aliphatic rings. The van der Waals surface area contributed by atoms with E-state index in [1.165, 1.54) is 21.0 Å². The van der Waals surface area contributed by atoms with Gasteiger partial charge in [0.2, 0.25) is 0 Å². The minimum absolute atomic E-state index is 0.0382. The van der Waals surface area contributed by atoms with Crippen molar-refractivity contribution >= 4 is 23.7 Å². The molecule has 0 radical (unpaired) electrons. The standard InChI is InChI=1S/C29H44O7/c1-16(7-10-26(33)34-6)21-8-9-22-27-23(15-25(32)29(21,22)5)28(4)12-11-20(35-17(2)30)13-19(28)14-24(27)36-18(3)31/h16,19-24,27H,7-15H2,1-6H3/t16-,19+,20-,21?,22?,23?,24-,27?,28+,29-/m1/s1. The zero-order chi connectivity index (χ0) is 26.4. The lowest BCUT2D eigenvalue weighted by Crippen LogP contribution is -2.62. The first-order valence-corrected chi connectivity index (χ1v) is 13.9. The van der Waals surface area contributed by atoms with Crippen molar-refractivity contribution in [1.29, 1.82) is 0 Å². The molecule has 36 heavy (non-hydrogen) atoms. The van der Waals surface area contributed by atoms with Gasteiger partial charge in [0.05, 0.1) is 7.11 Å². The molecule has 202 valence electrons. The monoisotopic (exact) mass is 504 g/mol. The van der Waals surface area contributed by atoms with E-state index in [9.17, 15) is 19.2 Å². The molecule has 0 aromatic heterocycles. The van der Waals surface area contributed by atoms with Crippen molar-refractivity contribution in [2.45, 2.75) is 105 Å². The third kappa shape index (κ3) is 4.60. The third-order valence-corrected chi connectivity index (χ3v) is 10.9. The number of methoxy groups -OCH3 is 1. The van der Waals surface area contributed by atoms with Crippen molar-refractivity contribution in [2.75, 3.05) is 7.11 Å². The minimum Gasteiger partial charge on any atom is -0.469 e. The van der Waals surface area contributed by atoms with Crippen LogP contribution in [0.4, 0.5) is 0 Å². The number of esters is 3. The van der Waals surface area contributed by atoms with Crippen LogP contribution in [0.5, 0.6) is 0 Å². The second-order valence-corrected chi connectivity index (χ2v) is 12.6. The predicted molar refractivity (Wildman–Crippen MR) is 133 cm³/mol. The van der Waals surface area contributed by atoms with Crippen LogP contribution >= 0.6 is 0 Å². The molecule has 4 aliphatic carbocycles. The molecule has 0 amide bonds. The average molecular weight is 505 g/mol. The van der Waals surface area contributed by atoms with Crippen LogP contribution in [-0.4, -0.2) is 43.0 Å². The summed E-state index contributed by atoms with van der Waals surface area (Å²) >= 11 is 0. The highest BCUT2D eigenvalue weighted by atomic mass is 16.5. The molecule has 4 unspecified atom stereocenters. The van der Waals surface area contributed by atoms with Crippen molar-refractivity contribution in [3.05, 3.63) is 0 Å². The van der Waals surface area contributed by atoms with Crippen LogP contribution < -0.4 is 0 Å². The predicted octanol–water partition coefficient (Wildman–Crippen LogP) is 4.89. The molecule has 0 N–H and O–H groups in total. The molecule has 0 saturated heterocycles. The van der Waals surface area contributed by atoms with E-state index in [0.717, 1.165) is 38.5 Å². The quantitative estimate of drug-likeness (QED) is 0.375. The Kier molecular flexibility index (Phi) is 7.60. The van der Waals surface area contributed by atoms with Gasteiger partial charge >= 0.3 is 17.9 Å². The summed E-state index contributed by atoms with van der Waals surface area (Å²) in [6, 6.07) is 0. The Balaban J connectivity index is 1.62. The molecule has 0 aliphatic heterocycles. The van der Waals surface area contributed by atoms with Crippen molar-refractivity contribution < 1.29 is 33.4 Å². The number of hydrogen-bond acceptors (Lipinski definition) is 7. The SMILES string of the molecule is COC(=O)CC[C@@H](C)C1CCC2C3C(CC(=O)[C@@]21C)[C@@]1(C)CC[C@@H](OC(C)=O)C[C@H]1C[C@H]3OC(C)=O. The Labute approximate surface area is 215 Å². The van der Waals surface area contributed by atoms with Gasteiger partial charge in [-0.05, 0) is 80.0 Å². The fourth-order valence-electron chi connectivity index (χ4n) is 9.14.